The van der Waals surface area contributed by atoms with Crippen molar-refractivity contribution in [1.29, 1.82) is 0 Å². The maximum Gasteiger partial charge on any atom is 0.244 e. The van der Waals surface area contributed by atoms with Crippen molar-refractivity contribution in [2.75, 3.05) is 18.4 Å². The lowest BCUT2D eigenvalue weighted by molar-refractivity contribution is -0.132. The van der Waals surface area contributed by atoms with Crippen LogP contribution in [0.2, 0.25) is 0 Å². The van der Waals surface area contributed by atoms with Crippen molar-refractivity contribution in [2.45, 2.75) is 52.0 Å². The molecule has 6 heteroatoms. The van der Waals surface area contributed by atoms with Gasteiger partial charge in [-0.3, -0.25) is 4.79 Å². The summed E-state index contributed by atoms with van der Waals surface area (Å²) in [5, 5.41) is 3.21. The molecule has 2 heterocycles. The Hall–Kier alpha value is -1.17. The molecule has 1 aliphatic rings. The largest absolute Gasteiger partial charge is 0.358 e. The molecule has 0 radical (unpaired) electrons. The molecule has 1 aromatic rings. The molecule has 1 amide bonds. The van der Waals surface area contributed by atoms with E-state index in [2.05, 4.69) is 38.1 Å². The van der Waals surface area contributed by atoms with E-state index in [4.69, 9.17) is 0 Å². The number of nitrogens with one attached hydrogen (secondary N) is 1. The fourth-order valence-corrected chi connectivity index (χ4v) is 2.97. The average molecular weight is 355 g/mol. The first-order valence-electron chi connectivity index (χ1n) is 7.69. The van der Waals surface area contributed by atoms with Crippen LogP contribution in [0, 0.1) is 0 Å². The number of rotatable bonds is 5. The van der Waals surface area contributed by atoms with Gasteiger partial charge >= 0.3 is 0 Å². The Morgan fingerprint density at radius 2 is 2.10 bits per heavy atom. The van der Waals surface area contributed by atoms with E-state index in [9.17, 15) is 4.79 Å². The smallest absolute Gasteiger partial charge is 0.244 e. The highest BCUT2D eigenvalue weighted by Crippen LogP contribution is 2.16. The molecule has 1 saturated heterocycles. The molecule has 0 spiro atoms. The van der Waals surface area contributed by atoms with Crippen molar-refractivity contribution in [2.24, 2.45) is 0 Å². The van der Waals surface area contributed by atoms with Crippen LogP contribution in [-0.2, 0) is 11.2 Å². The summed E-state index contributed by atoms with van der Waals surface area (Å²) in [6.07, 6.45) is 5.28. The van der Waals surface area contributed by atoms with Gasteiger partial charge in [0.25, 0.3) is 0 Å². The van der Waals surface area contributed by atoms with Gasteiger partial charge in [0.15, 0.2) is 0 Å². The van der Waals surface area contributed by atoms with Crippen LogP contribution in [0.5, 0.6) is 0 Å². The number of hydrogen-bond donors (Lipinski definition) is 1. The number of nitrogens with zero attached hydrogens (tertiary/aromatic N) is 3. The van der Waals surface area contributed by atoms with E-state index in [0.29, 0.717) is 5.82 Å². The molecule has 1 unspecified atom stereocenters. The second kappa shape index (κ2) is 7.73. The lowest BCUT2D eigenvalue weighted by Crippen LogP contribution is -2.44. The van der Waals surface area contributed by atoms with E-state index < -0.39 is 0 Å². The highest BCUT2D eigenvalue weighted by Gasteiger charge is 2.22. The third-order valence-electron chi connectivity index (χ3n) is 3.62. The molecule has 1 aromatic heterocycles. The number of anilines is 1. The lowest BCUT2D eigenvalue weighted by Gasteiger charge is -2.29. The first-order chi connectivity index (χ1) is 10.1. The van der Waals surface area contributed by atoms with Crippen LogP contribution in [0.3, 0.4) is 0 Å². The molecule has 1 fully saturated rings. The van der Waals surface area contributed by atoms with Gasteiger partial charge in [-0.1, -0.05) is 6.92 Å². The first kappa shape index (κ1) is 16.2. The minimum absolute atomic E-state index is 0.154. The van der Waals surface area contributed by atoms with Gasteiger partial charge in [-0.25, -0.2) is 9.97 Å². The molecular weight excluding hydrogens is 332 g/mol. The third kappa shape index (κ3) is 4.66. The van der Waals surface area contributed by atoms with Crippen LogP contribution in [0.1, 0.15) is 45.4 Å². The summed E-state index contributed by atoms with van der Waals surface area (Å²) < 4.78 is 0.751. The number of hydrogen-bond acceptors (Lipinski definition) is 4. The molecule has 2 rings (SSSR count). The summed E-state index contributed by atoms with van der Waals surface area (Å²) in [5.74, 6) is 1.66. The number of piperidine rings is 1. The van der Waals surface area contributed by atoms with E-state index in [-0.39, 0.29) is 11.9 Å². The van der Waals surface area contributed by atoms with Crippen LogP contribution >= 0.6 is 15.9 Å². The van der Waals surface area contributed by atoms with Gasteiger partial charge in [0.05, 0.1) is 0 Å². The zero-order chi connectivity index (χ0) is 15.2. The van der Waals surface area contributed by atoms with Gasteiger partial charge < -0.3 is 10.2 Å². The van der Waals surface area contributed by atoms with Crippen molar-refractivity contribution in [3.05, 3.63) is 16.5 Å². The first-order valence-corrected chi connectivity index (χ1v) is 8.48. The molecule has 21 heavy (non-hydrogen) atoms. The molecule has 1 aliphatic heterocycles. The number of halogens is 1. The predicted octanol–water partition coefficient (Wildman–Crippen LogP) is 3.00. The summed E-state index contributed by atoms with van der Waals surface area (Å²) in [5.41, 5.74) is 0. The van der Waals surface area contributed by atoms with Gasteiger partial charge in [0, 0.05) is 25.6 Å². The van der Waals surface area contributed by atoms with Crippen molar-refractivity contribution in [3.63, 3.8) is 0 Å². The second-order valence-corrected chi connectivity index (χ2v) is 6.31. The average Bonchev–Trinajstić information content (AvgIpc) is 2.47. The highest BCUT2D eigenvalue weighted by atomic mass is 79.9. The van der Waals surface area contributed by atoms with Crippen LogP contribution < -0.4 is 5.32 Å². The third-order valence-corrected chi connectivity index (χ3v) is 4.02. The summed E-state index contributed by atoms with van der Waals surface area (Å²) >= 11 is 3.40. The van der Waals surface area contributed by atoms with Crippen molar-refractivity contribution in [1.82, 2.24) is 14.9 Å². The molecular formula is C15H23BrN4O. The normalized spacial score (nSPS) is 16.6. The number of carbonyl (C=O) groups excluding carboxylic acids is 1. The number of amides is 1. The molecule has 116 valence electrons. The zero-order valence-corrected chi connectivity index (χ0v) is 14.3. The van der Waals surface area contributed by atoms with Gasteiger partial charge in [0.2, 0.25) is 5.91 Å². The van der Waals surface area contributed by atoms with E-state index in [1.807, 2.05) is 17.9 Å². The van der Waals surface area contributed by atoms with Gasteiger partial charge in [0.1, 0.15) is 22.3 Å². The van der Waals surface area contributed by atoms with Crippen LogP contribution in [0.15, 0.2) is 10.7 Å². The Balaban J connectivity index is 2.01. The fraction of sp³-hybridized carbons (Fsp3) is 0.667. The molecule has 0 bridgehead atoms. The number of likely N-dealkylation sites (tertiary alicyclic amines) is 1. The number of aromatic nitrogens is 2. The Kier molecular flexibility index (Phi) is 5.96. The molecule has 0 aromatic carbocycles. The van der Waals surface area contributed by atoms with E-state index in [1.54, 1.807) is 0 Å². The minimum Gasteiger partial charge on any atom is -0.358 e. The lowest BCUT2D eigenvalue weighted by atomic mass is 10.1. The molecule has 0 aliphatic carbocycles. The van der Waals surface area contributed by atoms with Crippen LogP contribution in [-0.4, -0.2) is 39.9 Å². The Bertz CT molecular complexity index is 489. The van der Waals surface area contributed by atoms with E-state index in [1.165, 1.54) is 6.42 Å². The summed E-state index contributed by atoms with van der Waals surface area (Å²) in [4.78, 5) is 23.2. The van der Waals surface area contributed by atoms with Crippen molar-refractivity contribution in [3.8, 4) is 0 Å². The topological polar surface area (TPSA) is 58.1 Å². The van der Waals surface area contributed by atoms with Gasteiger partial charge in [-0.15, -0.1) is 0 Å². The quantitative estimate of drug-likeness (QED) is 0.825. The maximum atomic E-state index is 12.4. The monoisotopic (exact) mass is 354 g/mol. The summed E-state index contributed by atoms with van der Waals surface area (Å²) in [7, 11) is 0. The van der Waals surface area contributed by atoms with Crippen LogP contribution in [0.4, 0.5) is 5.82 Å². The van der Waals surface area contributed by atoms with E-state index in [0.717, 1.165) is 49.2 Å². The predicted molar refractivity (Wildman–Crippen MR) is 87.2 cm³/mol. The Labute approximate surface area is 134 Å². The standard InChI is InChI=1S/C15H23BrN4O/c1-3-7-13-18-12(16)10-14(19-13)17-11(2)15(21)20-8-5-4-6-9-20/h10-11H,3-9H2,1-2H3,(H,17,18,19). The molecule has 1 atom stereocenters. The van der Waals surface area contributed by atoms with Crippen molar-refractivity contribution < 1.29 is 4.79 Å². The SMILES string of the molecule is CCCc1nc(Br)cc(NC(C)C(=O)N2CCCCC2)n1. The Morgan fingerprint density at radius 3 is 2.76 bits per heavy atom. The molecule has 5 nitrogen and oxygen atoms in total. The summed E-state index contributed by atoms with van der Waals surface area (Å²) in [6, 6.07) is 1.55. The summed E-state index contributed by atoms with van der Waals surface area (Å²) in [6.45, 7) is 5.74. The van der Waals surface area contributed by atoms with Gasteiger partial charge in [-0.2, -0.15) is 0 Å². The maximum absolute atomic E-state index is 12.4. The van der Waals surface area contributed by atoms with Gasteiger partial charge in [-0.05, 0) is 48.5 Å². The number of aryl methyl sites for hydroxylation is 1. The van der Waals surface area contributed by atoms with Crippen molar-refractivity contribution >= 4 is 27.7 Å². The molecule has 1 N–H and O–H groups in total. The fourth-order valence-electron chi connectivity index (χ4n) is 2.55. The molecule has 0 saturated carbocycles. The zero-order valence-electron chi connectivity index (χ0n) is 12.7. The van der Waals surface area contributed by atoms with Crippen LogP contribution in [0.25, 0.3) is 0 Å². The second-order valence-electron chi connectivity index (χ2n) is 5.49. The number of carbonyl (C=O) groups is 1. The Morgan fingerprint density at radius 1 is 1.38 bits per heavy atom. The van der Waals surface area contributed by atoms with E-state index >= 15 is 0 Å². The minimum atomic E-state index is -0.264. The highest BCUT2D eigenvalue weighted by molar-refractivity contribution is 9.10.